The van der Waals surface area contributed by atoms with Crippen LogP contribution in [-0.2, 0) is 6.54 Å². The quantitative estimate of drug-likeness (QED) is 0.796. The van der Waals surface area contributed by atoms with Crippen molar-refractivity contribution < 1.29 is 13.6 Å². The summed E-state index contributed by atoms with van der Waals surface area (Å²) < 4.78 is 28.3. The maximum absolute atomic E-state index is 13.7. The summed E-state index contributed by atoms with van der Waals surface area (Å²) in [4.78, 5) is 14.3. The molecular formula is C14H14ClF2N3O. The van der Waals surface area contributed by atoms with Crippen LogP contribution in [0.25, 0.3) is 0 Å². The SMILES string of the molecule is CN(C)CCn1ncc(Cl)c1C(=O)c1cc(F)ccc1F. The molecule has 2 rings (SSSR count). The first-order chi connectivity index (χ1) is 9.90. The van der Waals surface area contributed by atoms with Gasteiger partial charge in [0.2, 0.25) is 5.78 Å². The zero-order chi connectivity index (χ0) is 15.6. The van der Waals surface area contributed by atoms with E-state index in [4.69, 9.17) is 11.6 Å². The molecule has 0 bridgehead atoms. The number of carbonyl (C=O) groups is 1. The van der Waals surface area contributed by atoms with E-state index in [0.717, 1.165) is 18.2 Å². The molecule has 0 N–H and O–H groups in total. The molecule has 0 aliphatic carbocycles. The number of likely N-dealkylation sites (N-methyl/N-ethyl adjacent to an activating group) is 1. The predicted molar refractivity (Wildman–Crippen MR) is 75.6 cm³/mol. The summed E-state index contributed by atoms with van der Waals surface area (Å²) in [6, 6.07) is 2.73. The normalized spacial score (nSPS) is 11.1. The molecule has 1 heterocycles. The highest BCUT2D eigenvalue weighted by Crippen LogP contribution is 2.21. The van der Waals surface area contributed by atoms with E-state index < -0.39 is 17.4 Å². The van der Waals surface area contributed by atoms with Gasteiger partial charge < -0.3 is 4.90 Å². The first-order valence-corrected chi connectivity index (χ1v) is 6.63. The van der Waals surface area contributed by atoms with Crippen molar-refractivity contribution in [1.29, 1.82) is 0 Å². The first kappa shape index (κ1) is 15.6. The van der Waals surface area contributed by atoms with Gasteiger partial charge in [0.15, 0.2) is 0 Å². The molecule has 0 spiro atoms. The van der Waals surface area contributed by atoms with Gasteiger partial charge in [0, 0.05) is 6.54 Å². The third kappa shape index (κ3) is 3.46. The Morgan fingerprint density at radius 1 is 1.38 bits per heavy atom. The Morgan fingerprint density at radius 2 is 2.10 bits per heavy atom. The summed E-state index contributed by atoms with van der Waals surface area (Å²) in [5.41, 5.74) is -0.300. The van der Waals surface area contributed by atoms with E-state index in [1.54, 1.807) is 0 Å². The molecule has 0 unspecified atom stereocenters. The van der Waals surface area contributed by atoms with Crippen LogP contribution in [0.1, 0.15) is 16.1 Å². The van der Waals surface area contributed by atoms with Crippen LogP contribution in [-0.4, -0.2) is 41.1 Å². The lowest BCUT2D eigenvalue weighted by molar-refractivity contribution is 0.102. The van der Waals surface area contributed by atoms with Crippen molar-refractivity contribution in [2.75, 3.05) is 20.6 Å². The van der Waals surface area contributed by atoms with Crippen LogP contribution in [0.15, 0.2) is 24.4 Å². The van der Waals surface area contributed by atoms with Crippen LogP contribution in [0.2, 0.25) is 5.02 Å². The zero-order valence-corrected chi connectivity index (χ0v) is 12.4. The molecule has 0 atom stereocenters. The van der Waals surface area contributed by atoms with Crippen molar-refractivity contribution in [2.45, 2.75) is 6.54 Å². The topological polar surface area (TPSA) is 38.1 Å². The molecule has 0 aliphatic rings. The second-order valence-electron chi connectivity index (χ2n) is 4.82. The molecule has 0 saturated carbocycles. The monoisotopic (exact) mass is 313 g/mol. The Bertz CT molecular complexity index is 670. The minimum absolute atomic E-state index is 0.0583. The third-order valence-corrected chi connectivity index (χ3v) is 3.22. The Balaban J connectivity index is 2.39. The second kappa shape index (κ2) is 6.32. The molecule has 0 fully saturated rings. The van der Waals surface area contributed by atoms with Gasteiger partial charge in [-0.25, -0.2) is 8.78 Å². The summed E-state index contributed by atoms with van der Waals surface area (Å²) in [6.45, 7) is 1.04. The lowest BCUT2D eigenvalue weighted by Gasteiger charge is -2.12. The number of hydrogen-bond acceptors (Lipinski definition) is 3. The highest BCUT2D eigenvalue weighted by atomic mass is 35.5. The fraction of sp³-hybridized carbons (Fsp3) is 0.286. The predicted octanol–water partition coefficient (Wildman–Crippen LogP) is 2.61. The number of hydrogen-bond donors (Lipinski definition) is 0. The second-order valence-corrected chi connectivity index (χ2v) is 5.23. The minimum atomic E-state index is -0.794. The third-order valence-electron chi connectivity index (χ3n) is 2.94. The molecule has 7 heteroatoms. The zero-order valence-electron chi connectivity index (χ0n) is 11.6. The van der Waals surface area contributed by atoms with Crippen LogP contribution >= 0.6 is 11.6 Å². The van der Waals surface area contributed by atoms with Gasteiger partial charge >= 0.3 is 0 Å². The highest BCUT2D eigenvalue weighted by Gasteiger charge is 2.22. The number of ketones is 1. The van der Waals surface area contributed by atoms with E-state index in [0.29, 0.717) is 13.1 Å². The van der Waals surface area contributed by atoms with Gasteiger partial charge in [-0.1, -0.05) is 11.6 Å². The van der Waals surface area contributed by atoms with Crippen molar-refractivity contribution in [3.63, 3.8) is 0 Å². The fourth-order valence-corrected chi connectivity index (χ4v) is 2.08. The van der Waals surface area contributed by atoms with Crippen LogP contribution in [0.5, 0.6) is 0 Å². The molecule has 0 amide bonds. The van der Waals surface area contributed by atoms with Crippen molar-refractivity contribution in [3.05, 3.63) is 52.3 Å². The van der Waals surface area contributed by atoms with E-state index >= 15 is 0 Å². The smallest absolute Gasteiger partial charge is 0.215 e. The number of nitrogens with zero attached hydrogens (tertiary/aromatic N) is 3. The Kier molecular flexibility index (Phi) is 4.69. The van der Waals surface area contributed by atoms with E-state index in [2.05, 4.69) is 5.10 Å². The molecule has 0 radical (unpaired) electrons. The van der Waals surface area contributed by atoms with E-state index in [1.807, 2.05) is 19.0 Å². The molecule has 0 aliphatic heterocycles. The molecular weight excluding hydrogens is 300 g/mol. The molecule has 2 aromatic rings. The standard InChI is InChI=1S/C14H14ClF2N3O/c1-19(2)5-6-20-13(11(15)8-18-20)14(21)10-7-9(16)3-4-12(10)17/h3-4,7-8H,5-6H2,1-2H3. The van der Waals surface area contributed by atoms with Gasteiger partial charge in [0.1, 0.15) is 17.3 Å². The molecule has 112 valence electrons. The van der Waals surface area contributed by atoms with Gasteiger partial charge in [-0.3, -0.25) is 9.48 Å². The molecule has 0 saturated heterocycles. The molecule has 4 nitrogen and oxygen atoms in total. The number of rotatable bonds is 5. The molecule has 1 aromatic carbocycles. The van der Waals surface area contributed by atoms with Gasteiger partial charge in [-0.05, 0) is 32.3 Å². The largest absolute Gasteiger partial charge is 0.308 e. The van der Waals surface area contributed by atoms with Gasteiger partial charge in [0.25, 0.3) is 0 Å². The first-order valence-electron chi connectivity index (χ1n) is 6.26. The number of aromatic nitrogens is 2. The fourth-order valence-electron chi connectivity index (χ4n) is 1.85. The number of halogens is 3. The van der Waals surface area contributed by atoms with Crippen molar-refractivity contribution in [3.8, 4) is 0 Å². The molecule has 21 heavy (non-hydrogen) atoms. The van der Waals surface area contributed by atoms with E-state index in [1.165, 1.54) is 10.9 Å². The maximum Gasteiger partial charge on any atom is 0.215 e. The van der Waals surface area contributed by atoms with Gasteiger partial charge in [0.05, 0.1) is 23.3 Å². The average Bonchev–Trinajstić information content (AvgIpc) is 2.79. The summed E-state index contributed by atoms with van der Waals surface area (Å²) in [5, 5.41) is 4.12. The highest BCUT2D eigenvalue weighted by molar-refractivity contribution is 6.34. The summed E-state index contributed by atoms with van der Waals surface area (Å²) in [7, 11) is 3.75. The van der Waals surface area contributed by atoms with Crippen LogP contribution in [0.4, 0.5) is 8.78 Å². The van der Waals surface area contributed by atoms with E-state index in [9.17, 15) is 13.6 Å². The van der Waals surface area contributed by atoms with Crippen LogP contribution in [0, 0.1) is 11.6 Å². The number of carbonyl (C=O) groups excluding carboxylic acids is 1. The Hall–Kier alpha value is -1.79. The number of benzene rings is 1. The lowest BCUT2D eigenvalue weighted by Crippen LogP contribution is -2.22. The van der Waals surface area contributed by atoms with Gasteiger partial charge in [-0.2, -0.15) is 5.10 Å². The summed E-state index contributed by atoms with van der Waals surface area (Å²) in [5.74, 6) is -2.17. The Morgan fingerprint density at radius 3 is 2.76 bits per heavy atom. The van der Waals surface area contributed by atoms with Crippen LogP contribution < -0.4 is 0 Å². The van der Waals surface area contributed by atoms with Crippen molar-refractivity contribution in [2.24, 2.45) is 0 Å². The van der Waals surface area contributed by atoms with E-state index in [-0.39, 0.29) is 16.3 Å². The summed E-state index contributed by atoms with van der Waals surface area (Å²) in [6.07, 6.45) is 1.32. The van der Waals surface area contributed by atoms with Crippen molar-refractivity contribution in [1.82, 2.24) is 14.7 Å². The maximum atomic E-state index is 13.7. The average molecular weight is 314 g/mol. The van der Waals surface area contributed by atoms with Crippen molar-refractivity contribution >= 4 is 17.4 Å². The molecule has 1 aromatic heterocycles. The Labute approximate surface area is 125 Å². The lowest BCUT2D eigenvalue weighted by atomic mass is 10.1. The minimum Gasteiger partial charge on any atom is -0.308 e. The van der Waals surface area contributed by atoms with Gasteiger partial charge in [-0.15, -0.1) is 0 Å². The van der Waals surface area contributed by atoms with Crippen LogP contribution in [0.3, 0.4) is 0 Å². The summed E-state index contributed by atoms with van der Waals surface area (Å²) >= 11 is 5.96.